The van der Waals surface area contributed by atoms with E-state index in [0.29, 0.717) is 12.1 Å². The molecule has 0 bridgehead atoms. The molecule has 0 amide bonds. The van der Waals surface area contributed by atoms with E-state index in [1.54, 1.807) is 19.2 Å². The Balaban J connectivity index is 1.93. The number of methoxy groups -OCH3 is 1. The summed E-state index contributed by atoms with van der Waals surface area (Å²) in [6.07, 6.45) is 3.97. The Morgan fingerprint density at radius 3 is 2.57 bits per heavy atom. The van der Waals surface area contributed by atoms with Crippen molar-refractivity contribution in [1.29, 1.82) is 0 Å². The molecule has 0 aliphatic heterocycles. The fraction of sp³-hybridized carbons (Fsp3) is 0.600. The maximum absolute atomic E-state index is 11.4. The highest BCUT2D eigenvalue weighted by atomic mass is 32.2. The predicted octanol–water partition coefficient (Wildman–Crippen LogP) is 1.28. The lowest BCUT2D eigenvalue weighted by atomic mass is 10.1. The van der Waals surface area contributed by atoms with E-state index in [2.05, 4.69) is 5.32 Å². The van der Waals surface area contributed by atoms with Gasteiger partial charge in [-0.15, -0.1) is 0 Å². The van der Waals surface area contributed by atoms with Gasteiger partial charge in [0.2, 0.25) is 0 Å². The van der Waals surface area contributed by atoms with Crippen LogP contribution in [0.1, 0.15) is 30.9 Å². The predicted molar refractivity (Wildman–Crippen MR) is 81.0 cm³/mol. The highest BCUT2D eigenvalue weighted by molar-refractivity contribution is 7.90. The lowest BCUT2D eigenvalue weighted by Crippen LogP contribution is -2.39. The SMILES string of the molecule is COC1CCCC1NCC(O)c1ccc(S(C)(=O)=O)cc1. The average Bonchev–Trinajstić information content (AvgIpc) is 2.91. The second-order valence-electron chi connectivity index (χ2n) is 5.58. The lowest BCUT2D eigenvalue weighted by molar-refractivity contribution is 0.0780. The van der Waals surface area contributed by atoms with Crippen LogP contribution in [0.5, 0.6) is 0 Å². The first-order valence-electron chi connectivity index (χ1n) is 7.16. The van der Waals surface area contributed by atoms with Crippen LogP contribution in [0.15, 0.2) is 29.2 Å². The van der Waals surface area contributed by atoms with Crippen molar-refractivity contribution in [3.63, 3.8) is 0 Å². The van der Waals surface area contributed by atoms with Crippen LogP contribution in [0, 0.1) is 0 Å². The Morgan fingerprint density at radius 1 is 1.33 bits per heavy atom. The molecule has 1 aliphatic carbocycles. The number of ether oxygens (including phenoxy) is 1. The second-order valence-corrected chi connectivity index (χ2v) is 7.59. The molecule has 0 spiro atoms. The molecule has 6 heteroatoms. The molecule has 1 aromatic rings. The third-order valence-corrected chi connectivity index (χ3v) is 5.15. The zero-order valence-corrected chi connectivity index (χ0v) is 13.3. The Labute approximate surface area is 126 Å². The van der Waals surface area contributed by atoms with E-state index < -0.39 is 15.9 Å². The highest BCUT2D eigenvalue weighted by Crippen LogP contribution is 2.22. The fourth-order valence-electron chi connectivity index (χ4n) is 2.76. The molecule has 2 N–H and O–H groups in total. The molecule has 0 aromatic heterocycles. The van der Waals surface area contributed by atoms with Gasteiger partial charge in [-0.05, 0) is 37.0 Å². The zero-order valence-electron chi connectivity index (χ0n) is 12.5. The number of aliphatic hydroxyl groups excluding tert-OH is 1. The summed E-state index contributed by atoms with van der Waals surface area (Å²) in [4.78, 5) is 0.265. The number of rotatable bonds is 6. The molecule has 1 aromatic carbocycles. The third-order valence-electron chi connectivity index (χ3n) is 4.02. The molecule has 5 nitrogen and oxygen atoms in total. The van der Waals surface area contributed by atoms with Gasteiger partial charge in [0.05, 0.1) is 17.1 Å². The lowest BCUT2D eigenvalue weighted by Gasteiger charge is -2.21. The summed E-state index contributed by atoms with van der Waals surface area (Å²) in [5, 5.41) is 13.5. The number of sulfone groups is 1. The van der Waals surface area contributed by atoms with Crippen molar-refractivity contribution in [2.75, 3.05) is 19.9 Å². The Morgan fingerprint density at radius 2 is 2.00 bits per heavy atom. The maximum atomic E-state index is 11.4. The summed E-state index contributed by atoms with van der Waals surface area (Å²) in [6, 6.07) is 6.65. The van der Waals surface area contributed by atoms with Crippen LogP contribution in [0.2, 0.25) is 0 Å². The van der Waals surface area contributed by atoms with Crippen LogP contribution in [0.25, 0.3) is 0 Å². The molecule has 1 fully saturated rings. The summed E-state index contributed by atoms with van der Waals surface area (Å²) in [5.74, 6) is 0. The van der Waals surface area contributed by atoms with Crippen molar-refractivity contribution < 1.29 is 18.3 Å². The van der Waals surface area contributed by atoms with Crippen molar-refractivity contribution in [2.45, 2.75) is 42.4 Å². The van der Waals surface area contributed by atoms with E-state index in [1.807, 2.05) is 0 Å². The third kappa shape index (κ3) is 4.26. The molecule has 0 radical (unpaired) electrons. The number of benzene rings is 1. The van der Waals surface area contributed by atoms with Crippen molar-refractivity contribution in [2.24, 2.45) is 0 Å². The van der Waals surface area contributed by atoms with Crippen molar-refractivity contribution in [3.05, 3.63) is 29.8 Å². The van der Waals surface area contributed by atoms with Gasteiger partial charge in [0.25, 0.3) is 0 Å². The average molecular weight is 313 g/mol. The minimum atomic E-state index is -3.20. The molecule has 21 heavy (non-hydrogen) atoms. The summed E-state index contributed by atoms with van der Waals surface area (Å²) in [7, 11) is -1.48. The molecule has 2 rings (SSSR count). The molecule has 118 valence electrons. The van der Waals surface area contributed by atoms with Crippen LogP contribution >= 0.6 is 0 Å². The molecule has 0 heterocycles. The van der Waals surface area contributed by atoms with E-state index in [9.17, 15) is 13.5 Å². The second kappa shape index (κ2) is 6.87. The summed E-state index contributed by atoms with van der Waals surface area (Å²) in [5.41, 5.74) is 0.710. The van der Waals surface area contributed by atoms with Gasteiger partial charge < -0.3 is 15.2 Å². The topological polar surface area (TPSA) is 75.6 Å². The van der Waals surface area contributed by atoms with Crippen molar-refractivity contribution in [1.82, 2.24) is 5.32 Å². The van der Waals surface area contributed by atoms with E-state index in [4.69, 9.17) is 4.74 Å². The van der Waals surface area contributed by atoms with Crippen LogP contribution in [0.3, 0.4) is 0 Å². The van der Waals surface area contributed by atoms with E-state index in [1.165, 1.54) is 18.4 Å². The van der Waals surface area contributed by atoms with Gasteiger partial charge in [0.15, 0.2) is 9.84 Å². The first-order valence-corrected chi connectivity index (χ1v) is 9.05. The van der Waals surface area contributed by atoms with Gasteiger partial charge >= 0.3 is 0 Å². The van der Waals surface area contributed by atoms with Crippen molar-refractivity contribution >= 4 is 9.84 Å². The van der Waals surface area contributed by atoms with Gasteiger partial charge in [-0.25, -0.2) is 8.42 Å². The smallest absolute Gasteiger partial charge is 0.175 e. The normalized spacial score (nSPS) is 24.1. The maximum Gasteiger partial charge on any atom is 0.175 e. The van der Waals surface area contributed by atoms with Crippen LogP contribution < -0.4 is 5.32 Å². The number of aliphatic hydroxyl groups is 1. The van der Waals surface area contributed by atoms with Gasteiger partial charge in [0, 0.05) is 26.0 Å². The van der Waals surface area contributed by atoms with Crippen LogP contribution in [0.4, 0.5) is 0 Å². The highest BCUT2D eigenvalue weighted by Gasteiger charge is 2.27. The van der Waals surface area contributed by atoms with Crippen molar-refractivity contribution in [3.8, 4) is 0 Å². The zero-order chi connectivity index (χ0) is 15.5. The molecule has 1 aliphatic rings. The largest absolute Gasteiger partial charge is 0.387 e. The molecule has 0 saturated heterocycles. The summed E-state index contributed by atoms with van der Waals surface area (Å²) >= 11 is 0. The molecular formula is C15H23NO4S. The Hall–Kier alpha value is -0.950. The van der Waals surface area contributed by atoms with Crippen LogP contribution in [-0.2, 0) is 14.6 Å². The summed E-state index contributed by atoms with van der Waals surface area (Å²) in [6.45, 7) is 0.433. The number of nitrogens with one attached hydrogen (secondary N) is 1. The quantitative estimate of drug-likeness (QED) is 0.827. The Kier molecular flexibility index (Phi) is 5.37. The van der Waals surface area contributed by atoms with E-state index >= 15 is 0 Å². The number of hydrogen-bond donors (Lipinski definition) is 2. The Bertz CT molecular complexity index is 556. The molecule has 3 unspecified atom stereocenters. The van der Waals surface area contributed by atoms with E-state index in [0.717, 1.165) is 19.3 Å². The van der Waals surface area contributed by atoms with Gasteiger partial charge in [-0.3, -0.25) is 0 Å². The first-order chi connectivity index (χ1) is 9.91. The fourth-order valence-corrected chi connectivity index (χ4v) is 3.39. The molecule has 1 saturated carbocycles. The minimum Gasteiger partial charge on any atom is -0.387 e. The number of hydrogen-bond acceptors (Lipinski definition) is 5. The molecule has 3 atom stereocenters. The standard InChI is InChI=1S/C15H23NO4S/c1-20-15-5-3-4-13(15)16-10-14(17)11-6-8-12(9-7-11)21(2,18)19/h6-9,13-17H,3-5,10H2,1-2H3. The summed E-state index contributed by atoms with van der Waals surface area (Å²) < 4.78 is 28.2. The monoisotopic (exact) mass is 313 g/mol. The van der Waals surface area contributed by atoms with Gasteiger partial charge in [-0.1, -0.05) is 12.1 Å². The first kappa shape index (κ1) is 16.4. The van der Waals surface area contributed by atoms with Crippen LogP contribution in [-0.4, -0.2) is 45.6 Å². The minimum absolute atomic E-state index is 0.213. The van der Waals surface area contributed by atoms with Gasteiger partial charge in [-0.2, -0.15) is 0 Å². The van der Waals surface area contributed by atoms with Gasteiger partial charge in [0.1, 0.15) is 0 Å². The molecular weight excluding hydrogens is 290 g/mol. The van der Waals surface area contributed by atoms with E-state index in [-0.39, 0.29) is 17.0 Å².